The number of nitrogens with zero attached hydrogens (tertiary/aromatic N) is 3. The maximum Gasteiger partial charge on any atom is 0.221 e. The average molecular weight is 218 g/mol. The third kappa shape index (κ3) is 1.84. The Kier molecular flexibility index (Phi) is 2.52. The zero-order valence-electron chi connectivity index (χ0n) is 9.56. The number of hydrogen-bond donors (Lipinski definition) is 1. The van der Waals surface area contributed by atoms with Crippen molar-refractivity contribution < 1.29 is 4.74 Å². The van der Waals surface area contributed by atoms with Gasteiger partial charge in [0.05, 0.1) is 5.69 Å². The Labute approximate surface area is 93.9 Å². The molecule has 5 nitrogen and oxygen atoms in total. The van der Waals surface area contributed by atoms with Crippen molar-refractivity contribution in [1.29, 1.82) is 0 Å². The summed E-state index contributed by atoms with van der Waals surface area (Å²) in [6.45, 7) is 3.84. The minimum Gasteiger partial charge on any atom is -0.435 e. The first-order valence-electron chi connectivity index (χ1n) is 4.97. The van der Waals surface area contributed by atoms with Crippen molar-refractivity contribution in [2.45, 2.75) is 13.8 Å². The molecule has 0 aromatic carbocycles. The third-order valence-electron chi connectivity index (χ3n) is 2.41. The van der Waals surface area contributed by atoms with Gasteiger partial charge in [-0.2, -0.15) is 5.10 Å². The molecule has 0 fully saturated rings. The molecule has 84 valence electrons. The smallest absolute Gasteiger partial charge is 0.221 e. The van der Waals surface area contributed by atoms with Crippen LogP contribution in [0.25, 0.3) is 0 Å². The number of aromatic nitrogens is 3. The van der Waals surface area contributed by atoms with Crippen LogP contribution < -0.4 is 10.5 Å². The van der Waals surface area contributed by atoms with Crippen molar-refractivity contribution in [2.24, 2.45) is 7.05 Å². The van der Waals surface area contributed by atoms with Crippen LogP contribution in [-0.2, 0) is 7.05 Å². The SMILES string of the molecule is Cc1nn(C)c(C)c1Oc1cc(N)ccn1. The van der Waals surface area contributed by atoms with Gasteiger partial charge < -0.3 is 10.5 Å². The molecule has 0 bridgehead atoms. The Morgan fingerprint density at radius 3 is 2.69 bits per heavy atom. The van der Waals surface area contributed by atoms with Gasteiger partial charge in [0.2, 0.25) is 5.88 Å². The molecule has 0 radical (unpaired) electrons. The average Bonchev–Trinajstić information content (AvgIpc) is 2.45. The monoisotopic (exact) mass is 218 g/mol. The van der Waals surface area contributed by atoms with Crippen molar-refractivity contribution >= 4 is 5.69 Å². The van der Waals surface area contributed by atoms with E-state index in [1.807, 2.05) is 20.9 Å². The van der Waals surface area contributed by atoms with Crippen molar-refractivity contribution in [3.8, 4) is 11.6 Å². The summed E-state index contributed by atoms with van der Waals surface area (Å²) in [6.07, 6.45) is 1.62. The van der Waals surface area contributed by atoms with E-state index < -0.39 is 0 Å². The molecule has 0 aliphatic carbocycles. The number of hydrogen-bond acceptors (Lipinski definition) is 4. The number of anilines is 1. The summed E-state index contributed by atoms with van der Waals surface area (Å²) in [5, 5.41) is 4.26. The molecule has 5 heteroatoms. The van der Waals surface area contributed by atoms with E-state index >= 15 is 0 Å². The maximum atomic E-state index is 5.67. The van der Waals surface area contributed by atoms with Gasteiger partial charge >= 0.3 is 0 Å². The van der Waals surface area contributed by atoms with Gasteiger partial charge in [0.15, 0.2) is 5.75 Å². The van der Waals surface area contributed by atoms with E-state index in [1.165, 1.54) is 0 Å². The second kappa shape index (κ2) is 3.84. The Morgan fingerprint density at radius 2 is 2.12 bits per heavy atom. The first kappa shape index (κ1) is 10.5. The van der Waals surface area contributed by atoms with Crippen molar-refractivity contribution in [3.63, 3.8) is 0 Å². The van der Waals surface area contributed by atoms with E-state index in [1.54, 1.807) is 23.0 Å². The summed E-state index contributed by atoms with van der Waals surface area (Å²) in [6, 6.07) is 3.40. The topological polar surface area (TPSA) is 66.0 Å². The number of rotatable bonds is 2. The van der Waals surface area contributed by atoms with Gasteiger partial charge in [-0.25, -0.2) is 4.98 Å². The van der Waals surface area contributed by atoms with Crippen LogP contribution in [0.5, 0.6) is 11.6 Å². The Hall–Kier alpha value is -2.04. The molecule has 0 aliphatic heterocycles. The van der Waals surface area contributed by atoms with Gasteiger partial charge in [-0.15, -0.1) is 0 Å². The van der Waals surface area contributed by atoms with Crippen LogP contribution in [0.4, 0.5) is 5.69 Å². The quantitative estimate of drug-likeness (QED) is 0.834. The molecule has 2 rings (SSSR count). The van der Waals surface area contributed by atoms with Crippen LogP contribution in [0.2, 0.25) is 0 Å². The molecule has 16 heavy (non-hydrogen) atoms. The fraction of sp³-hybridized carbons (Fsp3) is 0.273. The lowest BCUT2D eigenvalue weighted by Gasteiger charge is -2.05. The van der Waals surface area contributed by atoms with Crippen molar-refractivity contribution in [3.05, 3.63) is 29.7 Å². The second-order valence-electron chi connectivity index (χ2n) is 3.65. The zero-order chi connectivity index (χ0) is 11.7. The lowest BCUT2D eigenvalue weighted by atomic mass is 10.3. The first-order valence-corrected chi connectivity index (χ1v) is 4.97. The van der Waals surface area contributed by atoms with Crippen LogP contribution in [0, 0.1) is 13.8 Å². The van der Waals surface area contributed by atoms with Crippen molar-refractivity contribution in [2.75, 3.05) is 5.73 Å². The molecular formula is C11H14N4O. The molecule has 0 spiro atoms. The number of ether oxygens (including phenoxy) is 1. The highest BCUT2D eigenvalue weighted by Crippen LogP contribution is 2.27. The third-order valence-corrected chi connectivity index (χ3v) is 2.41. The highest BCUT2D eigenvalue weighted by molar-refractivity contribution is 5.42. The van der Waals surface area contributed by atoms with E-state index in [2.05, 4.69) is 10.1 Å². The summed E-state index contributed by atoms with van der Waals surface area (Å²) in [5.41, 5.74) is 8.08. The molecule has 2 aromatic rings. The fourth-order valence-corrected chi connectivity index (χ4v) is 1.49. The fourth-order valence-electron chi connectivity index (χ4n) is 1.49. The minimum atomic E-state index is 0.485. The van der Waals surface area contributed by atoms with E-state index in [-0.39, 0.29) is 0 Å². The minimum absolute atomic E-state index is 0.485. The molecule has 0 aliphatic rings. The Balaban J connectivity index is 2.34. The first-order chi connectivity index (χ1) is 7.58. The Bertz CT molecular complexity index is 519. The Morgan fingerprint density at radius 1 is 1.38 bits per heavy atom. The van der Waals surface area contributed by atoms with E-state index in [4.69, 9.17) is 10.5 Å². The molecule has 2 heterocycles. The zero-order valence-corrected chi connectivity index (χ0v) is 9.56. The number of pyridine rings is 1. The molecular weight excluding hydrogens is 204 g/mol. The molecule has 0 unspecified atom stereocenters. The summed E-state index contributed by atoms with van der Waals surface area (Å²) in [7, 11) is 1.88. The molecule has 0 atom stereocenters. The van der Waals surface area contributed by atoms with Crippen molar-refractivity contribution in [1.82, 2.24) is 14.8 Å². The van der Waals surface area contributed by atoms with Crippen LogP contribution in [0.15, 0.2) is 18.3 Å². The predicted octanol–water partition coefficient (Wildman–Crippen LogP) is 1.81. The number of aryl methyl sites for hydroxylation is 2. The summed E-state index contributed by atoms with van der Waals surface area (Å²) < 4.78 is 7.44. The molecule has 0 saturated carbocycles. The van der Waals surface area contributed by atoms with Gasteiger partial charge in [0, 0.05) is 25.0 Å². The van der Waals surface area contributed by atoms with Gasteiger partial charge in [-0.3, -0.25) is 4.68 Å². The molecule has 2 N–H and O–H groups in total. The number of nitrogens with two attached hydrogens (primary N) is 1. The molecule has 2 aromatic heterocycles. The van der Waals surface area contributed by atoms with Crippen LogP contribution in [0.3, 0.4) is 0 Å². The van der Waals surface area contributed by atoms with Gasteiger partial charge in [-0.1, -0.05) is 0 Å². The standard InChI is InChI=1S/C11H14N4O/c1-7-11(8(2)15(3)14-7)16-10-6-9(12)4-5-13-10/h4-6H,1-3H3,(H2,12,13). The van der Waals surface area contributed by atoms with Crippen LogP contribution in [-0.4, -0.2) is 14.8 Å². The molecule has 0 amide bonds. The normalized spacial score (nSPS) is 10.4. The van der Waals surface area contributed by atoms with Gasteiger partial charge in [-0.05, 0) is 19.9 Å². The van der Waals surface area contributed by atoms with E-state index in [0.29, 0.717) is 11.6 Å². The van der Waals surface area contributed by atoms with E-state index in [9.17, 15) is 0 Å². The largest absolute Gasteiger partial charge is 0.435 e. The number of nitrogen functional groups attached to an aromatic ring is 1. The highest BCUT2D eigenvalue weighted by atomic mass is 16.5. The highest BCUT2D eigenvalue weighted by Gasteiger charge is 2.12. The lowest BCUT2D eigenvalue weighted by Crippen LogP contribution is -1.94. The summed E-state index contributed by atoms with van der Waals surface area (Å²) in [5.74, 6) is 1.22. The molecule has 0 saturated heterocycles. The lowest BCUT2D eigenvalue weighted by molar-refractivity contribution is 0.455. The summed E-state index contributed by atoms with van der Waals surface area (Å²) >= 11 is 0. The van der Waals surface area contributed by atoms with E-state index in [0.717, 1.165) is 17.1 Å². The van der Waals surface area contributed by atoms with Crippen LogP contribution in [0.1, 0.15) is 11.4 Å². The van der Waals surface area contributed by atoms with Gasteiger partial charge in [0.1, 0.15) is 5.69 Å². The predicted molar refractivity (Wildman–Crippen MR) is 61.4 cm³/mol. The second-order valence-corrected chi connectivity index (χ2v) is 3.65. The van der Waals surface area contributed by atoms with Crippen LogP contribution >= 0.6 is 0 Å². The maximum absolute atomic E-state index is 5.67. The van der Waals surface area contributed by atoms with Gasteiger partial charge in [0.25, 0.3) is 0 Å². The summed E-state index contributed by atoms with van der Waals surface area (Å²) in [4.78, 5) is 4.09.